The van der Waals surface area contributed by atoms with E-state index in [4.69, 9.17) is 0 Å². The number of rotatable bonds is 4. The lowest BCUT2D eigenvalue weighted by Gasteiger charge is -2.13. The summed E-state index contributed by atoms with van der Waals surface area (Å²) in [5.74, 6) is 0. The number of aromatic nitrogens is 1. The van der Waals surface area contributed by atoms with Crippen molar-refractivity contribution in [2.75, 3.05) is 0 Å². The van der Waals surface area contributed by atoms with E-state index in [2.05, 4.69) is 29.4 Å². The van der Waals surface area contributed by atoms with Gasteiger partial charge in [-0.2, -0.15) is 0 Å². The van der Waals surface area contributed by atoms with Crippen molar-refractivity contribution in [3.05, 3.63) is 56.6 Å². The summed E-state index contributed by atoms with van der Waals surface area (Å²) in [5, 5.41) is 5.22. The average molecular weight is 234 g/mol. The highest BCUT2D eigenvalue weighted by molar-refractivity contribution is 7.07. The van der Waals surface area contributed by atoms with Crippen LogP contribution in [0.2, 0.25) is 0 Å². The zero-order valence-electron chi connectivity index (χ0n) is 9.07. The van der Waals surface area contributed by atoms with Crippen LogP contribution in [0.15, 0.2) is 40.5 Å². The maximum absolute atomic E-state index is 10.9. The second kappa shape index (κ2) is 5.09. The fraction of sp³-hybridized carbons (Fsp3) is 0.250. The summed E-state index contributed by atoms with van der Waals surface area (Å²) in [6.07, 6.45) is 0. The van der Waals surface area contributed by atoms with E-state index in [1.165, 1.54) is 16.9 Å². The quantitative estimate of drug-likeness (QED) is 0.852. The summed E-state index contributed by atoms with van der Waals surface area (Å²) in [6.45, 7) is 2.80. The van der Waals surface area contributed by atoms with Crippen molar-refractivity contribution in [1.82, 2.24) is 10.3 Å². The van der Waals surface area contributed by atoms with Crippen molar-refractivity contribution in [2.24, 2.45) is 0 Å². The molecule has 0 aliphatic heterocycles. The van der Waals surface area contributed by atoms with Crippen LogP contribution in [-0.4, -0.2) is 4.98 Å². The summed E-state index contributed by atoms with van der Waals surface area (Å²) < 4.78 is 0. The molecule has 1 heterocycles. The van der Waals surface area contributed by atoms with Gasteiger partial charge in [0.05, 0.1) is 0 Å². The lowest BCUT2D eigenvalue weighted by molar-refractivity contribution is 0.569. The SMILES string of the molecule is CC(NCc1csc(=O)[nH]1)c1ccccc1. The Morgan fingerprint density at radius 3 is 2.75 bits per heavy atom. The fourth-order valence-electron chi connectivity index (χ4n) is 1.52. The van der Waals surface area contributed by atoms with Crippen LogP contribution in [0.1, 0.15) is 24.2 Å². The normalized spacial score (nSPS) is 12.6. The Balaban J connectivity index is 1.94. The molecule has 1 aromatic carbocycles. The predicted octanol–water partition coefficient (Wildman–Crippen LogP) is 2.29. The monoisotopic (exact) mass is 234 g/mol. The summed E-state index contributed by atoms with van der Waals surface area (Å²) in [4.78, 5) is 13.7. The maximum Gasteiger partial charge on any atom is 0.304 e. The molecule has 1 atom stereocenters. The summed E-state index contributed by atoms with van der Waals surface area (Å²) in [5.41, 5.74) is 2.19. The molecule has 3 nitrogen and oxygen atoms in total. The van der Waals surface area contributed by atoms with Gasteiger partial charge >= 0.3 is 4.87 Å². The molecule has 0 fully saturated rings. The number of nitrogens with one attached hydrogen (secondary N) is 2. The van der Waals surface area contributed by atoms with Crippen molar-refractivity contribution < 1.29 is 0 Å². The van der Waals surface area contributed by atoms with E-state index < -0.39 is 0 Å². The Labute approximate surface area is 98.2 Å². The van der Waals surface area contributed by atoms with Gasteiger partial charge in [0.15, 0.2) is 0 Å². The van der Waals surface area contributed by atoms with Gasteiger partial charge in [0, 0.05) is 23.7 Å². The lowest BCUT2D eigenvalue weighted by Crippen LogP contribution is -2.18. The summed E-state index contributed by atoms with van der Waals surface area (Å²) in [7, 11) is 0. The molecule has 0 radical (unpaired) electrons. The highest BCUT2D eigenvalue weighted by atomic mass is 32.1. The summed E-state index contributed by atoms with van der Waals surface area (Å²) in [6, 6.07) is 10.5. The Morgan fingerprint density at radius 1 is 1.38 bits per heavy atom. The number of benzene rings is 1. The highest BCUT2D eigenvalue weighted by Gasteiger charge is 2.04. The van der Waals surface area contributed by atoms with Crippen molar-refractivity contribution in [3.63, 3.8) is 0 Å². The second-order valence-electron chi connectivity index (χ2n) is 3.69. The molecule has 2 aromatic rings. The van der Waals surface area contributed by atoms with Gasteiger partial charge < -0.3 is 10.3 Å². The highest BCUT2D eigenvalue weighted by Crippen LogP contribution is 2.11. The first-order valence-electron chi connectivity index (χ1n) is 5.21. The molecule has 1 aromatic heterocycles. The Hall–Kier alpha value is -1.39. The van der Waals surface area contributed by atoms with E-state index in [1.807, 2.05) is 23.6 Å². The fourth-order valence-corrected chi connectivity index (χ4v) is 2.10. The number of H-pyrrole nitrogens is 1. The molecular weight excluding hydrogens is 220 g/mol. The van der Waals surface area contributed by atoms with Crippen LogP contribution in [0, 0.1) is 0 Å². The first kappa shape index (κ1) is 11.1. The van der Waals surface area contributed by atoms with E-state index in [0.717, 1.165) is 5.69 Å². The average Bonchev–Trinajstić information content (AvgIpc) is 2.73. The first-order valence-corrected chi connectivity index (χ1v) is 6.08. The van der Waals surface area contributed by atoms with E-state index in [-0.39, 0.29) is 10.9 Å². The molecule has 0 aliphatic carbocycles. The van der Waals surface area contributed by atoms with Gasteiger partial charge in [0.1, 0.15) is 0 Å². The Bertz CT molecular complexity index is 489. The second-order valence-corrected chi connectivity index (χ2v) is 4.53. The van der Waals surface area contributed by atoms with Crippen LogP contribution in [0.5, 0.6) is 0 Å². The minimum absolute atomic E-state index is 0.00386. The molecule has 84 valence electrons. The van der Waals surface area contributed by atoms with Crippen molar-refractivity contribution >= 4 is 11.3 Å². The maximum atomic E-state index is 10.9. The van der Waals surface area contributed by atoms with E-state index in [1.54, 1.807) is 0 Å². The summed E-state index contributed by atoms with van der Waals surface area (Å²) >= 11 is 1.20. The Morgan fingerprint density at radius 2 is 2.12 bits per heavy atom. The molecule has 16 heavy (non-hydrogen) atoms. The zero-order valence-corrected chi connectivity index (χ0v) is 9.88. The molecular formula is C12H14N2OS. The van der Waals surface area contributed by atoms with Crippen LogP contribution in [0.4, 0.5) is 0 Å². The van der Waals surface area contributed by atoms with E-state index >= 15 is 0 Å². The smallest absolute Gasteiger partial charge is 0.304 e. The molecule has 0 saturated heterocycles. The van der Waals surface area contributed by atoms with Crippen LogP contribution in [0.25, 0.3) is 0 Å². The van der Waals surface area contributed by atoms with Crippen LogP contribution in [0.3, 0.4) is 0 Å². The van der Waals surface area contributed by atoms with Gasteiger partial charge in [-0.3, -0.25) is 4.79 Å². The minimum atomic E-state index is 0.00386. The lowest BCUT2D eigenvalue weighted by atomic mass is 10.1. The van der Waals surface area contributed by atoms with Gasteiger partial charge in [0.25, 0.3) is 0 Å². The van der Waals surface area contributed by atoms with Gasteiger partial charge in [-0.15, -0.1) is 0 Å². The first-order chi connectivity index (χ1) is 7.75. The molecule has 2 N–H and O–H groups in total. The third kappa shape index (κ3) is 2.81. The van der Waals surface area contributed by atoms with Gasteiger partial charge in [-0.25, -0.2) is 0 Å². The molecule has 0 bridgehead atoms. The van der Waals surface area contributed by atoms with Gasteiger partial charge in [0.2, 0.25) is 0 Å². The van der Waals surface area contributed by atoms with Crippen LogP contribution < -0.4 is 10.2 Å². The van der Waals surface area contributed by atoms with Gasteiger partial charge in [-0.05, 0) is 12.5 Å². The number of aromatic amines is 1. The molecule has 2 rings (SSSR count). The molecule has 1 unspecified atom stereocenters. The zero-order chi connectivity index (χ0) is 11.4. The van der Waals surface area contributed by atoms with E-state index in [0.29, 0.717) is 6.54 Å². The van der Waals surface area contributed by atoms with Crippen LogP contribution in [-0.2, 0) is 6.54 Å². The Kier molecular flexibility index (Phi) is 3.54. The minimum Gasteiger partial charge on any atom is -0.315 e. The topological polar surface area (TPSA) is 44.9 Å². The van der Waals surface area contributed by atoms with Crippen molar-refractivity contribution in [3.8, 4) is 0 Å². The van der Waals surface area contributed by atoms with Crippen molar-refractivity contribution in [1.29, 1.82) is 0 Å². The number of thiazole rings is 1. The standard InChI is InChI=1S/C12H14N2OS/c1-9(10-5-3-2-4-6-10)13-7-11-8-16-12(15)14-11/h2-6,8-9,13H,7H2,1H3,(H,14,15). The van der Waals surface area contributed by atoms with Crippen LogP contribution >= 0.6 is 11.3 Å². The van der Waals surface area contributed by atoms with Gasteiger partial charge in [-0.1, -0.05) is 41.7 Å². The molecule has 0 amide bonds. The third-order valence-electron chi connectivity index (χ3n) is 2.47. The van der Waals surface area contributed by atoms with E-state index in [9.17, 15) is 4.79 Å². The molecule has 4 heteroatoms. The number of hydrogen-bond acceptors (Lipinski definition) is 3. The molecule has 0 saturated carbocycles. The number of hydrogen-bond donors (Lipinski definition) is 2. The van der Waals surface area contributed by atoms with Crippen molar-refractivity contribution in [2.45, 2.75) is 19.5 Å². The molecule has 0 aliphatic rings. The molecule has 0 spiro atoms. The predicted molar refractivity (Wildman–Crippen MR) is 66.6 cm³/mol. The largest absolute Gasteiger partial charge is 0.315 e. The third-order valence-corrected chi connectivity index (χ3v) is 3.19.